The van der Waals surface area contributed by atoms with E-state index in [1.807, 2.05) is 0 Å². The summed E-state index contributed by atoms with van der Waals surface area (Å²) in [6, 6.07) is 1.71. The lowest BCUT2D eigenvalue weighted by Gasteiger charge is -2.01. The number of pyridine rings is 1. The molecule has 0 unspecified atom stereocenters. The molecule has 0 amide bonds. The average molecular weight is 163 g/mol. The molecule has 0 saturated carbocycles. The molecule has 0 N–H and O–H groups in total. The molecule has 1 rings (SSSR count). The summed E-state index contributed by atoms with van der Waals surface area (Å²) in [5, 5.41) is 0. The second-order valence-electron chi connectivity index (χ2n) is 2.17. The fourth-order valence-electron chi connectivity index (χ4n) is 0.846. The van der Waals surface area contributed by atoms with E-state index >= 15 is 0 Å². The number of methoxy groups -OCH3 is 1. The lowest BCUT2D eigenvalue weighted by atomic mass is 10.2. The molecule has 0 spiro atoms. The highest BCUT2D eigenvalue weighted by molar-refractivity contribution is 5.79. The summed E-state index contributed by atoms with van der Waals surface area (Å²) in [5.41, 5.74) is 1.06. The van der Waals surface area contributed by atoms with E-state index in [9.17, 15) is 4.79 Å². The first-order valence-electron chi connectivity index (χ1n) is 3.43. The first-order chi connectivity index (χ1) is 5.81. The van der Waals surface area contributed by atoms with Crippen LogP contribution in [0.15, 0.2) is 18.8 Å². The standard InChI is InChI=1S/C9H9NO2/c1-3-7-4-8(12-2)5-10-9(7)6-11/h3-6H,1H2,2H3. The van der Waals surface area contributed by atoms with E-state index in [0.717, 1.165) is 0 Å². The summed E-state index contributed by atoms with van der Waals surface area (Å²) in [7, 11) is 1.55. The van der Waals surface area contributed by atoms with Gasteiger partial charge >= 0.3 is 0 Å². The van der Waals surface area contributed by atoms with Crippen molar-refractivity contribution in [3.05, 3.63) is 30.1 Å². The molecular weight excluding hydrogens is 154 g/mol. The minimum Gasteiger partial charge on any atom is -0.495 e. The van der Waals surface area contributed by atoms with E-state index < -0.39 is 0 Å². The minimum atomic E-state index is 0.380. The van der Waals surface area contributed by atoms with Crippen LogP contribution < -0.4 is 4.74 Å². The highest BCUT2D eigenvalue weighted by Gasteiger charge is 2.00. The van der Waals surface area contributed by atoms with Gasteiger partial charge in [-0.25, -0.2) is 4.98 Å². The minimum absolute atomic E-state index is 0.380. The SMILES string of the molecule is C=Cc1cc(OC)cnc1C=O. The number of aldehydes is 1. The highest BCUT2D eigenvalue weighted by atomic mass is 16.5. The van der Waals surface area contributed by atoms with Gasteiger partial charge in [0.2, 0.25) is 0 Å². The molecule has 3 heteroatoms. The first-order valence-corrected chi connectivity index (χ1v) is 3.43. The van der Waals surface area contributed by atoms with E-state index in [4.69, 9.17) is 4.74 Å². The largest absolute Gasteiger partial charge is 0.495 e. The Bertz CT molecular complexity index is 307. The smallest absolute Gasteiger partial charge is 0.169 e. The normalized spacial score (nSPS) is 9.08. The molecule has 1 aromatic heterocycles. The van der Waals surface area contributed by atoms with Crippen molar-refractivity contribution < 1.29 is 9.53 Å². The van der Waals surface area contributed by atoms with Crippen molar-refractivity contribution >= 4 is 12.4 Å². The lowest BCUT2D eigenvalue weighted by molar-refractivity contribution is 0.111. The van der Waals surface area contributed by atoms with Crippen LogP contribution in [-0.2, 0) is 0 Å². The predicted octanol–water partition coefficient (Wildman–Crippen LogP) is 1.55. The van der Waals surface area contributed by atoms with Crippen LogP contribution in [-0.4, -0.2) is 18.4 Å². The zero-order valence-electron chi connectivity index (χ0n) is 6.78. The van der Waals surface area contributed by atoms with Gasteiger partial charge in [0.25, 0.3) is 0 Å². The predicted molar refractivity (Wildman–Crippen MR) is 46.3 cm³/mol. The number of hydrogen-bond acceptors (Lipinski definition) is 3. The van der Waals surface area contributed by atoms with Crippen LogP contribution in [0.2, 0.25) is 0 Å². The molecule has 1 heterocycles. The summed E-state index contributed by atoms with van der Waals surface area (Å²) >= 11 is 0. The van der Waals surface area contributed by atoms with E-state index in [1.165, 1.54) is 6.20 Å². The third-order valence-corrected chi connectivity index (χ3v) is 1.49. The molecule has 0 saturated heterocycles. The van der Waals surface area contributed by atoms with Gasteiger partial charge in [-0.2, -0.15) is 0 Å². The second-order valence-corrected chi connectivity index (χ2v) is 2.17. The van der Waals surface area contributed by atoms with Gasteiger partial charge in [-0.3, -0.25) is 4.79 Å². The Hall–Kier alpha value is -1.64. The molecule has 3 nitrogen and oxygen atoms in total. The zero-order chi connectivity index (χ0) is 8.97. The lowest BCUT2D eigenvalue weighted by Crippen LogP contribution is -1.93. The summed E-state index contributed by atoms with van der Waals surface area (Å²) in [5.74, 6) is 0.621. The van der Waals surface area contributed by atoms with Crippen molar-refractivity contribution in [3.8, 4) is 5.75 Å². The van der Waals surface area contributed by atoms with Gasteiger partial charge in [-0.05, 0) is 6.07 Å². The molecule has 0 aromatic carbocycles. The van der Waals surface area contributed by atoms with Crippen LogP contribution >= 0.6 is 0 Å². The number of hydrogen-bond donors (Lipinski definition) is 0. The monoisotopic (exact) mass is 163 g/mol. The Morgan fingerprint density at radius 1 is 1.67 bits per heavy atom. The maximum Gasteiger partial charge on any atom is 0.169 e. The number of carbonyl (C=O) groups is 1. The molecule has 0 fully saturated rings. The Morgan fingerprint density at radius 2 is 2.42 bits per heavy atom. The van der Waals surface area contributed by atoms with Crippen LogP contribution in [0.1, 0.15) is 16.1 Å². The fourth-order valence-corrected chi connectivity index (χ4v) is 0.846. The van der Waals surface area contributed by atoms with Crippen LogP contribution in [0, 0.1) is 0 Å². The maximum atomic E-state index is 10.4. The number of carbonyl (C=O) groups excluding carboxylic acids is 1. The van der Waals surface area contributed by atoms with E-state index in [1.54, 1.807) is 19.3 Å². The van der Waals surface area contributed by atoms with Crippen molar-refractivity contribution in [2.45, 2.75) is 0 Å². The van der Waals surface area contributed by atoms with Gasteiger partial charge in [-0.1, -0.05) is 12.7 Å². The van der Waals surface area contributed by atoms with E-state index in [-0.39, 0.29) is 0 Å². The first kappa shape index (κ1) is 8.46. The summed E-state index contributed by atoms with van der Waals surface area (Å²) < 4.78 is 4.93. The molecule has 62 valence electrons. The number of aromatic nitrogens is 1. The Labute approximate surface area is 70.7 Å². The maximum absolute atomic E-state index is 10.4. The van der Waals surface area contributed by atoms with Gasteiger partial charge in [0.1, 0.15) is 11.4 Å². The number of ether oxygens (including phenoxy) is 1. The topological polar surface area (TPSA) is 39.2 Å². The zero-order valence-corrected chi connectivity index (χ0v) is 6.78. The van der Waals surface area contributed by atoms with Crippen LogP contribution in [0.4, 0.5) is 0 Å². The fraction of sp³-hybridized carbons (Fsp3) is 0.111. The van der Waals surface area contributed by atoms with Crippen molar-refractivity contribution in [2.24, 2.45) is 0 Å². The Kier molecular flexibility index (Phi) is 2.58. The Morgan fingerprint density at radius 3 is 2.92 bits per heavy atom. The summed E-state index contributed by atoms with van der Waals surface area (Å²) in [6.45, 7) is 3.56. The van der Waals surface area contributed by atoms with Crippen molar-refractivity contribution in [2.75, 3.05) is 7.11 Å². The molecule has 0 aliphatic rings. The van der Waals surface area contributed by atoms with Gasteiger partial charge in [-0.15, -0.1) is 0 Å². The van der Waals surface area contributed by atoms with Gasteiger partial charge in [0.05, 0.1) is 13.3 Å². The molecular formula is C9H9NO2. The average Bonchev–Trinajstić information content (AvgIpc) is 2.16. The van der Waals surface area contributed by atoms with Gasteiger partial charge in [0, 0.05) is 5.56 Å². The number of nitrogens with zero attached hydrogens (tertiary/aromatic N) is 1. The summed E-state index contributed by atoms with van der Waals surface area (Å²) in [4.78, 5) is 14.3. The molecule has 0 aliphatic carbocycles. The molecule has 1 aromatic rings. The van der Waals surface area contributed by atoms with Crippen LogP contribution in [0.5, 0.6) is 5.75 Å². The van der Waals surface area contributed by atoms with E-state index in [2.05, 4.69) is 11.6 Å². The molecule has 12 heavy (non-hydrogen) atoms. The third kappa shape index (κ3) is 1.50. The van der Waals surface area contributed by atoms with Crippen LogP contribution in [0.25, 0.3) is 6.08 Å². The van der Waals surface area contributed by atoms with Gasteiger partial charge < -0.3 is 4.74 Å². The summed E-state index contributed by atoms with van der Waals surface area (Å²) in [6.07, 6.45) is 3.76. The molecule has 0 atom stereocenters. The highest BCUT2D eigenvalue weighted by Crippen LogP contribution is 2.14. The Balaban J connectivity index is 3.18. The van der Waals surface area contributed by atoms with Crippen LogP contribution in [0.3, 0.4) is 0 Å². The van der Waals surface area contributed by atoms with Crippen molar-refractivity contribution in [3.63, 3.8) is 0 Å². The molecule has 0 radical (unpaired) electrons. The number of rotatable bonds is 3. The van der Waals surface area contributed by atoms with Crippen molar-refractivity contribution in [1.29, 1.82) is 0 Å². The van der Waals surface area contributed by atoms with E-state index in [0.29, 0.717) is 23.3 Å². The quantitative estimate of drug-likeness (QED) is 0.634. The van der Waals surface area contributed by atoms with Gasteiger partial charge in [0.15, 0.2) is 6.29 Å². The molecule has 0 aliphatic heterocycles. The van der Waals surface area contributed by atoms with Crippen molar-refractivity contribution in [1.82, 2.24) is 4.98 Å². The third-order valence-electron chi connectivity index (χ3n) is 1.49. The molecule has 0 bridgehead atoms. The second kappa shape index (κ2) is 3.67.